The number of methoxy groups -OCH3 is 1. The highest BCUT2D eigenvalue weighted by Gasteiger charge is 1.97. The van der Waals surface area contributed by atoms with Crippen LogP contribution < -0.4 is 10.8 Å². The summed E-state index contributed by atoms with van der Waals surface area (Å²) >= 11 is 0. The molecular weight excluding hydrogens is 160 g/mol. The van der Waals surface area contributed by atoms with Crippen molar-refractivity contribution in [2.45, 2.75) is 6.92 Å². The molecule has 0 saturated carbocycles. The van der Waals surface area contributed by atoms with Gasteiger partial charge in [0.25, 0.3) is 5.91 Å². The molecule has 0 aromatic rings. The summed E-state index contributed by atoms with van der Waals surface area (Å²) < 4.78 is 4.78. The van der Waals surface area contributed by atoms with Crippen LogP contribution in [0.3, 0.4) is 0 Å². The van der Waals surface area contributed by atoms with E-state index in [-0.39, 0.29) is 12.5 Å². The molecule has 0 bridgehead atoms. The Balaban J connectivity index is 3.08. The van der Waals surface area contributed by atoms with Gasteiger partial charge >= 0.3 is 0 Å². The maximum Gasteiger partial charge on any atom is 0.257 e. The molecule has 0 aromatic heterocycles. The first kappa shape index (κ1) is 11.4. The standard InChI is InChI=1S/C7H16N2O3/c1-3-12-9-7(10)6-8-4-5-11-2/h8H,3-6H2,1-2H3,(H,9,10). The first-order valence-electron chi connectivity index (χ1n) is 3.91. The summed E-state index contributed by atoms with van der Waals surface area (Å²) in [6, 6.07) is 0. The molecule has 0 aromatic carbocycles. The molecule has 0 unspecified atom stereocenters. The summed E-state index contributed by atoms with van der Waals surface area (Å²) in [7, 11) is 1.61. The highest BCUT2D eigenvalue weighted by Crippen LogP contribution is 1.68. The van der Waals surface area contributed by atoms with Crippen LogP contribution >= 0.6 is 0 Å². The average molecular weight is 176 g/mol. The van der Waals surface area contributed by atoms with Gasteiger partial charge < -0.3 is 10.1 Å². The molecule has 0 aliphatic carbocycles. The fourth-order valence-corrected chi connectivity index (χ4v) is 0.565. The van der Waals surface area contributed by atoms with Crippen molar-refractivity contribution in [1.29, 1.82) is 0 Å². The molecule has 0 atom stereocenters. The van der Waals surface area contributed by atoms with Gasteiger partial charge in [0.05, 0.1) is 19.8 Å². The van der Waals surface area contributed by atoms with Crippen molar-refractivity contribution in [2.24, 2.45) is 0 Å². The van der Waals surface area contributed by atoms with E-state index in [1.807, 2.05) is 0 Å². The Bertz CT molecular complexity index is 119. The van der Waals surface area contributed by atoms with Gasteiger partial charge in [0, 0.05) is 13.7 Å². The van der Waals surface area contributed by atoms with E-state index in [9.17, 15) is 4.79 Å². The van der Waals surface area contributed by atoms with Crippen LogP contribution in [0.15, 0.2) is 0 Å². The molecule has 5 heteroatoms. The zero-order valence-corrected chi connectivity index (χ0v) is 7.55. The van der Waals surface area contributed by atoms with Crippen molar-refractivity contribution >= 4 is 5.91 Å². The van der Waals surface area contributed by atoms with Crippen LogP contribution in [0.25, 0.3) is 0 Å². The number of rotatable bonds is 7. The van der Waals surface area contributed by atoms with Gasteiger partial charge in [0.2, 0.25) is 0 Å². The van der Waals surface area contributed by atoms with Gasteiger partial charge in [-0.2, -0.15) is 0 Å². The topological polar surface area (TPSA) is 59.6 Å². The maximum atomic E-state index is 10.8. The van der Waals surface area contributed by atoms with Gasteiger partial charge in [-0.3, -0.25) is 9.63 Å². The number of hydrogen-bond donors (Lipinski definition) is 2. The highest BCUT2D eigenvalue weighted by atomic mass is 16.6. The first-order valence-corrected chi connectivity index (χ1v) is 3.91. The molecule has 5 nitrogen and oxygen atoms in total. The molecule has 0 aliphatic heterocycles. The van der Waals surface area contributed by atoms with Gasteiger partial charge in [-0.15, -0.1) is 0 Å². The number of hydroxylamine groups is 1. The second-order valence-corrected chi connectivity index (χ2v) is 2.13. The van der Waals surface area contributed by atoms with Gasteiger partial charge in [0.15, 0.2) is 0 Å². The smallest absolute Gasteiger partial charge is 0.257 e. The zero-order valence-electron chi connectivity index (χ0n) is 7.55. The van der Waals surface area contributed by atoms with Crippen molar-refractivity contribution in [3.05, 3.63) is 0 Å². The highest BCUT2D eigenvalue weighted by molar-refractivity contribution is 5.76. The zero-order chi connectivity index (χ0) is 9.23. The van der Waals surface area contributed by atoms with E-state index in [1.165, 1.54) is 0 Å². The van der Waals surface area contributed by atoms with Crippen molar-refractivity contribution in [1.82, 2.24) is 10.8 Å². The Morgan fingerprint density at radius 1 is 1.50 bits per heavy atom. The summed E-state index contributed by atoms with van der Waals surface area (Å²) in [6.45, 7) is 3.80. The predicted molar refractivity (Wildman–Crippen MR) is 44.5 cm³/mol. The van der Waals surface area contributed by atoms with E-state index >= 15 is 0 Å². The molecule has 1 amide bonds. The molecule has 72 valence electrons. The third-order valence-corrected chi connectivity index (χ3v) is 1.10. The van der Waals surface area contributed by atoms with Gasteiger partial charge in [-0.05, 0) is 6.92 Å². The number of carbonyl (C=O) groups is 1. The van der Waals surface area contributed by atoms with E-state index in [2.05, 4.69) is 15.6 Å². The average Bonchev–Trinajstić information content (AvgIpc) is 2.09. The van der Waals surface area contributed by atoms with E-state index in [0.29, 0.717) is 19.8 Å². The van der Waals surface area contributed by atoms with Crippen LogP contribution in [0, 0.1) is 0 Å². The third kappa shape index (κ3) is 7.46. The Kier molecular flexibility index (Phi) is 7.99. The lowest BCUT2D eigenvalue weighted by molar-refractivity contribution is -0.132. The summed E-state index contributed by atoms with van der Waals surface area (Å²) in [4.78, 5) is 15.5. The van der Waals surface area contributed by atoms with Crippen LogP contribution in [0.5, 0.6) is 0 Å². The number of nitrogens with one attached hydrogen (secondary N) is 2. The Hall–Kier alpha value is -0.650. The SMILES string of the molecule is CCONC(=O)CNCCOC. The van der Waals surface area contributed by atoms with E-state index < -0.39 is 0 Å². The summed E-state index contributed by atoms with van der Waals surface area (Å²) in [5.74, 6) is -0.173. The first-order chi connectivity index (χ1) is 5.81. The van der Waals surface area contributed by atoms with E-state index in [4.69, 9.17) is 4.74 Å². The lowest BCUT2D eigenvalue weighted by Gasteiger charge is -2.04. The monoisotopic (exact) mass is 176 g/mol. The van der Waals surface area contributed by atoms with Crippen molar-refractivity contribution < 1.29 is 14.4 Å². The molecule has 2 N–H and O–H groups in total. The summed E-state index contributed by atoms with van der Waals surface area (Å²) in [5.41, 5.74) is 2.27. The van der Waals surface area contributed by atoms with Crippen molar-refractivity contribution in [3.63, 3.8) is 0 Å². The largest absolute Gasteiger partial charge is 0.383 e. The maximum absolute atomic E-state index is 10.8. The second-order valence-electron chi connectivity index (χ2n) is 2.13. The Morgan fingerprint density at radius 3 is 2.83 bits per heavy atom. The van der Waals surface area contributed by atoms with Crippen LogP contribution in [0.1, 0.15) is 6.92 Å². The minimum Gasteiger partial charge on any atom is -0.383 e. The second kappa shape index (κ2) is 8.45. The molecule has 0 fully saturated rings. The lowest BCUT2D eigenvalue weighted by Crippen LogP contribution is -2.35. The Morgan fingerprint density at radius 2 is 2.25 bits per heavy atom. The number of amides is 1. The summed E-state index contributed by atoms with van der Waals surface area (Å²) in [5, 5.41) is 2.88. The molecule has 0 aliphatic rings. The van der Waals surface area contributed by atoms with Crippen LogP contribution in [0.2, 0.25) is 0 Å². The van der Waals surface area contributed by atoms with E-state index in [0.717, 1.165) is 0 Å². The van der Waals surface area contributed by atoms with Crippen molar-refractivity contribution in [2.75, 3.05) is 33.4 Å². The minimum absolute atomic E-state index is 0.173. The lowest BCUT2D eigenvalue weighted by atomic mass is 10.6. The number of hydrogen-bond acceptors (Lipinski definition) is 4. The summed E-state index contributed by atoms with van der Waals surface area (Å²) in [6.07, 6.45) is 0. The molecule has 12 heavy (non-hydrogen) atoms. The minimum atomic E-state index is -0.173. The Labute approximate surface area is 72.4 Å². The van der Waals surface area contributed by atoms with Crippen LogP contribution in [-0.4, -0.2) is 39.3 Å². The van der Waals surface area contributed by atoms with Gasteiger partial charge in [-0.1, -0.05) is 0 Å². The molecular formula is C7H16N2O3. The van der Waals surface area contributed by atoms with Crippen molar-refractivity contribution in [3.8, 4) is 0 Å². The molecule has 0 saturated heterocycles. The van der Waals surface area contributed by atoms with Crippen LogP contribution in [0.4, 0.5) is 0 Å². The number of ether oxygens (including phenoxy) is 1. The molecule has 0 radical (unpaired) electrons. The fraction of sp³-hybridized carbons (Fsp3) is 0.857. The number of carbonyl (C=O) groups excluding carboxylic acids is 1. The molecule has 0 heterocycles. The van der Waals surface area contributed by atoms with Crippen LogP contribution in [-0.2, 0) is 14.4 Å². The molecule has 0 spiro atoms. The fourth-order valence-electron chi connectivity index (χ4n) is 0.565. The predicted octanol–water partition coefficient (Wildman–Crippen LogP) is -0.710. The third-order valence-electron chi connectivity index (χ3n) is 1.10. The van der Waals surface area contributed by atoms with Gasteiger partial charge in [0.1, 0.15) is 0 Å². The quantitative estimate of drug-likeness (QED) is 0.397. The molecule has 0 rings (SSSR count). The van der Waals surface area contributed by atoms with Gasteiger partial charge in [-0.25, -0.2) is 5.48 Å². The van der Waals surface area contributed by atoms with E-state index in [1.54, 1.807) is 14.0 Å². The normalized spacial score (nSPS) is 9.83.